The molecular weight excluding hydrogens is 263 g/mol. The Morgan fingerprint density at radius 1 is 1.26 bits per heavy atom. The van der Waals surface area contributed by atoms with Gasteiger partial charge < -0.3 is 20.3 Å². The maximum atomic E-state index is 11.8. The Labute approximate surface area is 108 Å². The molecule has 1 aromatic carbocycles. The number of aromatic hydroxyl groups is 2. The molecule has 0 aliphatic carbocycles. The van der Waals surface area contributed by atoms with E-state index in [2.05, 4.69) is 10.1 Å². The van der Waals surface area contributed by atoms with Gasteiger partial charge in [-0.15, -0.1) is 0 Å². The molecular formula is C12H16F3NO3. The summed E-state index contributed by atoms with van der Waals surface area (Å²) in [5.74, 6) is -0.146. The van der Waals surface area contributed by atoms with Crippen LogP contribution in [-0.2, 0) is 4.74 Å². The van der Waals surface area contributed by atoms with Gasteiger partial charge in [0.25, 0.3) is 0 Å². The SMILES string of the molecule is CC(NCCOCC(F)(F)F)c1c(O)cccc1O. The summed E-state index contributed by atoms with van der Waals surface area (Å²) in [6, 6.07) is 3.93. The van der Waals surface area contributed by atoms with E-state index in [9.17, 15) is 23.4 Å². The van der Waals surface area contributed by atoms with E-state index in [0.717, 1.165) is 0 Å². The summed E-state index contributed by atoms with van der Waals surface area (Å²) in [5, 5.41) is 22.0. The van der Waals surface area contributed by atoms with Crippen molar-refractivity contribution in [2.24, 2.45) is 0 Å². The van der Waals surface area contributed by atoms with Gasteiger partial charge in [-0.3, -0.25) is 0 Å². The van der Waals surface area contributed by atoms with Gasteiger partial charge in [-0.1, -0.05) is 6.07 Å². The molecule has 0 saturated heterocycles. The Balaban J connectivity index is 2.38. The van der Waals surface area contributed by atoms with Crippen molar-refractivity contribution in [3.63, 3.8) is 0 Å². The summed E-state index contributed by atoms with van der Waals surface area (Å²) in [6.45, 7) is 0.451. The first kappa shape index (κ1) is 15.6. The minimum absolute atomic E-state index is 0.0730. The molecule has 1 atom stereocenters. The molecule has 0 aromatic heterocycles. The van der Waals surface area contributed by atoms with Crippen LogP contribution in [0.5, 0.6) is 11.5 Å². The lowest BCUT2D eigenvalue weighted by atomic mass is 10.1. The zero-order valence-corrected chi connectivity index (χ0v) is 10.4. The molecule has 7 heteroatoms. The van der Waals surface area contributed by atoms with Gasteiger partial charge in [0.15, 0.2) is 0 Å². The van der Waals surface area contributed by atoms with Crippen molar-refractivity contribution in [1.82, 2.24) is 5.32 Å². The Kier molecular flexibility index (Phi) is 5.44. The maximum absolute atomic E-state index is 11.8. The predicted molar refractivity (Wildman–Crippen MR) is 63.1 cm³/mol. The van der Waals surface area contributed by atoms with E-state index in [1.54, 1.807) is 6.92 Å². The van der Waals surface area contributed by atoms with Gasteiger partial charge in [0.2, 0.25) is 0 Å². The molecule has 0 aliphatic heterocycles. The second-order valence-corrected chi connectivity index (χ2v) is 4.05. The minimum Gasteiger partial charge on any atom is -0.507 e. The van der Waals surface area contributed by atoms with E-state index in [4.69, 9.17) is 0 Å². The lowest BCUT2D eigenvalue weighted by Gasteiger charge is -2.17. The van der Waals surface area contributed by atoms with E-state index in [0.29, 0.717) is 5.56 Å². The fourth-order valence-electron chi connectivity index (χ4n) is 1.62. The molecule has 1 unspecified atom stereocenters. The molecule has 4 nitrogen and oxygen atoms in total. The average molecular weight is 279 g/mol. The molecule has 0 bridgehead atoms. The van der Waals surface area contributed by atoms with Crippen LogP contribution in [0.15, 0.2) is 18.2 Å². The van der Waals surface area contributed by atoms with E-state index in [1.165, 1.54) is 18.2 Å². The van der Waals surface area contributed by atoms with Crippen molar-refractivity contribution in [3.8, 4) is 11.5 Å². The highest BCUT2D eigenvalue weighted by atomic mass is 19.4. The van der Waals surface area contributed by atoms with Crippen LogP contribution in [-0.4, -0.2) is 36.1 Å². The first-order valence-corrected chi connectivity index (χ1v) is 5.70. The van der Waals surface area contributed by atoms with Gasteiger partial charge in [0.1, 0.15) is 18.1 Å². The minimum atomic E-state index is -4.33. The maximum Gasteiger partial charge on any atom is 0.411 e. The number of hydrogen-bond acceptors (Lipinski definition) is 4. The first-order valence-electron chi connectivity index (χ1n) is 5.70. The second kappa shape index (κ2) is 6.63. The monoisotopic (exact) mass is 279 g/mol. The highest BCUT2D eigenvalue weighted by Gasteiger charge is 2.27. The number of phenols is 2. The molecule has 0 fully saturated rings. The van der Waals surface area contributed by atoms with Gasteiger partial charge in [-0.2, -0.15) is 13.2 Å². The standard InChI is InChI=1S/C12H16F3NO3/c1-8(11-9(17)3-2-4-10(11)18)16-5-6-19-7-12(13,14)15/h2-4,8,16-18H,5-7H2,1H3. The lowest BCUT2D eigenvalue weighted by molar-refractivity contribution is -0.173. The molecule has 1 rings (SSSR count). The number of halogens is 3. The van der Waals surface area contributed by atoms with Crippen molar-refractivity contribution >= 4 is 0 Å². The van der Waals surface area contributed by atoms with Crippen molar-refractivity contribution in [1.29, 1.82) is 0 Å². The van der Waals surface area contributed by atoms with Crippen molar-refractivity contribution < 1.29 is 28.1 Å². The summed E-state index contributed by atoms with van der Waals surface area (Å²) in [5.41, 5.74) is 0.304. The molecule has 108 valence electrons. The number of alkyl halides is 3. The first-order chi connectivity index (χ1) is 8.81. The highest BCUT2D eigenvalue weighted by molar-refractivity contribution is 5.44. The lowest BCUT2D eigenvalue weighted by Crippen LogP contribution is -2.26. The van der Waals surface area contributed by atoms with Gasteiger partial charge in [-0.05, 0) is 19.1 Å². The number of nitrogens with one attached hydrogen (secondary N) is 1. The number of hydrogen-bond donors (Lipinski definition) is 3. The molecule has 0 spiro atoms. The van der Waals surface area contributed by atoms with Crippen LogP contribution >= 0.6 is 0 Å². The number of ether oxygens (including phenoxy) is 1. The number of rotatable bonds is 6. The molecule has 0 heterocycles. The fourth-order valence-corrected chi connectivity index (χ4v) is 1.62. The molecule has 0 amide bonds. The number of phenolic OH excluding ortho intramolecular Hbond substituents is 2. The molecule has 0 saturated carbocycles. The summed E-state index contributed by atoms with van der Waals surface area (Å²) in [4.78, 5) is 0. The van der Waals surface area contributed by atoms with Crippen LogP contribution in [0.3, 0.4) is 0 Å². The van der Waals surface area contributed by atoms with E-state index in [-0.39, 0.29) is 24.7 Å². The quantitative estimate of drug-likeness (QED) is 0.699. The predicted octanol–water partition coefficient (Wildman–Crippen LogP) is 2.33. The smallest absolute Gasteiger partial charge is 0.411 e. The summed E-state index contributed by atoms with van der Waals surface area (Å²) < 4.78 is 39.8. The normalized spacial score (nSPS) is 13.5. The average Bonchev–Trinajstić information content (AvgIpc) is 2.26. The third-order valence-corrected chi connectivity index (χ3v) is 2.46. The zero-order valence-electron chi connectivity index (χ0n) is 10.4. The fraction of sp³-hybridized carbons (Fsp3) is 0.500. The van der Waals surface area contributed by atoms with Crippen LogP contribution < -0.4 is 5.32 Å². The topological polar surface area (TPSA) is 61.7 Å². The summed E-state index contributed by atoms with van der Waals surface area (Å²) in [7, 11) is 0. The van der Waals surface area contributed by atoms with E-state index >= 15 is 0 Å². The van der Waals surface area contributed by atoms with Gasteiger partial charge in [-0.25, -0.2) is 0 Å². The molecule has 1 aromatic rings. The van der Waals surface area contributed by atoms with Gasteiger partial charge >= 0.3 is 6.18 Å². The van der Waals surface area contributed by atoms with Crippen LogP contribution in [0.4, 0.5) is 13.2 Å². The zero-order chi connectivity index (χ0) is 14.5. The van der Waals surface area contributed by atoms with Crippen LogP contribution in [0.25, 0.3) is 0 Å². The van der Waals surface area contributed by atoms with Crippen molar-refractivity contribution in [2.75, 3.05) is 19.8 Å². The Morgan fingerprint density at radius 2 is 1.84 bits per heavy atom. The van der Waals surface area contributed by atoms with Crippen LogP contribution in [0, 0.1) is 0 Å². The van der Waals surface area contributed by atoms with E-state index < -0.39 is 18.8 Å². The molecule has 0 radical (unpaired) electrons. The molecule has 0 aliphatic rings. The Hall–Kier alpha value is -1.47. The Bertz CT molecular complexity index is 389. The second-order valence-electron chi connectivity index (χ2n) is 4.05. The van der Waals surface area contributed by atoms with Crippen LogP contribution in [0.2, 0.25) is 0 Å². The van der Waals surface area contributed by atoms with Crippen molar-refractivity contribution in [2.45, 2.75) is 19.1 Å². The Morgan fingerprint density at radius 3 is 2.37 bits per heavy atom. The highest BCUT2D eigenvalue weighted by Crippen LogP contribution is 2.31. The van der Waals surface area contributed by atoms with Gasteiger partial charge in [0.05, 0.1) is 12.2 Å². The molecule has 19 heavy (non-hydrogen) atoms. The number of benzene rings is 1. The molecule has 3 N–H and O–H groups in total. The third kappa shape index (κ3) is 5.35. The van der Waals surface area contributed by atoms with Crippen LogP contribution in [0.1, 0.15) is 18.5 Å². The summed E-state index contributed by atoms with van der Waals surface area (Å²) >= 11 is 0. The van der Waals surface area contributed by atoms with Crippen molar-refractivity contribution in [3.05, 3.63) is 23.8 Å². The van der Waals surface area contributed by atoms with E-state index in [1.807, 2.05) is 0 Å². The largest absolute Gasteiger partial charge is 0.507 e. The third-order valence-electron chi connectivity index (χ3n) is 2.46. The summed E-state index contributed by atoms with van der Waals surface area (Å²) in [6.07, 6.45) is -4.33. The van der Waals surface area contributed by atoms with Gasteiger partial charge in [0, 0.05) is 12.6 Å².